The van der Waals surface area contributed by atoms with Gasteiger partial charge in [-0.2, -0.15) is 0 Å². The van der Waals surface area contributed by atoms with Gasteiger partial charge in [0, 0.05) is 6.04 Å². The molecule has 16 heavy (non-hydrogen) atoms. The fourth-order valence-electron chi connectivity index (χ4n) is 1.38. The molecule has 0 saturated carbocycles. The first-order valence-electron chi connectivity index (χ1n) is 4.96. The molecule has 0 aliphatic rings. The van der Waals surface area contributed by atoms with Crippen LogP contribution in [0.15, 0.2) is 12.1 Å². The third-order valence-electron chi connectivity index (χ3n) is 2.30. The minimum Gasteiger partial charge on any atom is -0.324 e. The predicted molar refractivity (Wildman–Crippen MR) is 60.0 cm³/mol. The van der Waals surface area contributed by atoms with Crippen LogP contribution in [0.3, 0.4) is 0 Å². The summed E-state index contributed by atoms with van der Waals surface area (Å²) in [6.07, 6.45) is 2.47. The molecule has 92 valence electrons. The summed E-state index contributed by atoms with van der Waals surface area (Å²) in [4.78, 5) is 0. The highest BCUT2D eigenvalue weighted by Gasteiger charge is 2.14. The van der Waals surface area contributed by atoms with Gasteiger partial charge in [-0.15, -0.1) is 12.4 Å². The van der Waals surface area contributed by atoms with Gasteiger partial charge >= 0.3 is 0 Å². The van der Waals surface area contributed by atoms with Crippen LogP contribution in [0.1, 0.15) is 37.8 Å². The molecular formula is C11H15ClF3N. The number of benzene rings is 1. The molecule has 5 heteroatoms. The zero-order valence-electron chi connectivity index (χ0n) is 8.97. The van der Waals surface area contributed by atoms with Crippen LogP contribution in [-0.2, 0) is 0 Å². The van der Waals surface area contributed by atoms with E-state index in [2.05, 4.69) is 0 Å². The van der Waals surface area contributed by atoms with Gasteiger partial charge in [-0.25, -0.2) is 13.2 Å². The van der Waals surface area contributed by atoms with E-state index in [1.54, 1.807) is 0 Å². The number of rotatable bonds is 4. The predicted octanol–water partition coefficient (Wildman–Crippen LogP) is 3.72. The summed E-state index contributed by atoms with van der Waals surface area (Å²) in [5.74, 6) is -3.81. The molecule has 1 rings (SSSR count). The average molecular weight is 254 g/mol. The molecular weight excluding hydrogens is 239 g/mol. The maximum Gasteiger partial charge on any atom is 0.194 e. The fourth-order valence-corrected chi connectivity index (χ4v) is 1.38. The lowest BCUT2D eigenvalue weighted by atomic mass is 10.0. The van der Waals surface area contributed by atoms with Gasteiger partial charge in [-0.3, -0.25) is 0 Å². The van der Waals surface area contributed by atoms with Gasteiger partial charge in [-0.1, -0.05) is 19.8 Å². The molecule has 0 aromatic heterocycles. The molecule has 0 unspecified atom stereocenters. The summed E-state index contributed by atoms with van der Waals surface area (Å²) in [6.45, 7) is 2.00. The molecule has 0 amide bonds. The Labute approximate surface area is 99.2 Å². The van der Waals surface area contributed by atoms with Crippen LogP contribution in [0.25, 0.3) is 0 Å². The lowest BCUT2D eigenvalue weighted by Gasteiger charge is -2.11. The summed E-state index contributed by atoms with van der Waals surface area (Å²) in [5.41, 5.74) is 6.02. The second kappa shape index (κ2) is 6.76. The Balaban J connectivity index is 0.00000225. The van der Waals surface area contributed by atoms with Gasteiger partial charge in [0.2, 0.25) is 0 Å². The number of hydrogen-bond donors (Lipinski definition) is 1. The van der Waals surface area contributed by atoms with Crippen molar-refractivity contribution in [2.24, 2.45) is 5.73 Å². The second-order valence-corrected chi connectivity index (χ2v) is 3.55. The van der Waals surface area contributed by atoms with E-state index in [0.717, 1.165) is 25.0 Å². The van der Waals surface area contributed by atoms with Crippen molar-refractivity contribution < 1.29 is 13.2 Å². The molecule has 0 fully saturated rings. The molecule has 0 aliphatic carbocycles. The first kappa shape index (κ1) is 15.3. The Kier molecular flexibility index (Phi) is 6.45. The summed E-state index contributed by atoms with van der Waals surface area (Å²) >= 11 is 0. The van der Waals surface area contributed by atoms with Crippen molar-refractivity contribution in [1.82, 2.24) is 0 Å². The van der Waals surface area contributed by atoms with Crippen molar-refractivity contribution in [2.75, 3.05) is 0 Å². The highest BCUT2D eigenvalue weighted by Crippen LogP contribution is 2.21. The zero-order chi connectivity index (χ0) is 11.4. The van der Waals surface area contributed by atoms with E-state index in [9.17, 15) is 13.2 Å². The molecule has 2 N–H and O–H groups in total. The third kappa shape index (κ3) is 3.68. The number of halogens is 4. The lowest BCUT2D eigenvalue weighted by molar-refractivity contribution is 0.442. The number of hydrogen-bond acceptors (Lipinski definition) is 1. The topological polar surface area (TPSA) is 26.0 Å². The Morgan fingerprint density at radius 2 is 1.69 bits per heavy atom. The van der Waals surface area contributed by atoms with Gasteiger partial charge in [0.05, 0.1) is 0 Å². The van der Waals surface area contributed by atoms with E-state index in [1.165, 1.54) is 0 Å². The van der Waals surface area contributed by atoms with Crippen LogP contribution in [-0.4, -0.2) is 0 Å². The van der Waals surface area contributed by atoms with Crippen molar-refractivity contribution in [3.05, 3.63) is 35.1 Å². The maximum absolute atomic E-state index is 12.9. The normalized spacial score (nSPS) is 12.1. The average Bonchev–Trinajstić information content (AvgIpc) is 2.21. The van der Waals surface area contributed by atoms with E-state index in [-0.39, 0.29) is 12.4 Å². The highest BCUT2D eigenvalue weighted by atomic mass is 35.5. The van der Waals surface area contributed by atoms with Gasteiger partial charge in [0.15, 0.2) is 17.5 Å². The number of nitrogens with two attached hydrogens (primary N) is 1. The van der Waals surface area contributed by atoms with Crippen LogP contribution >= 0.6 is 12.4 Å². The van der Waals surface area contributed by atoms with Gasteiger partial charge in [0.1, 0.15) is 0 Å². The first-order chi connectivity index (χ1) is 7.06. The summed E-state index contributed by atoms with van der Waals surface area (Å²) in [7, 11) is 0. The standard InChI is InChI=1S/C11H14F3N.ClH/c1-2-3-4-10(15)7-5-8(12)11(14)9(13)6-7;/h5-6,10H,2-4,15H2,1H3;1H/t10-;/m1./s1. The first-order valence-corrected chi connectivity index (χ1v) is 4.96. The Bertz CT molecular complexity index is 321. The molecule has 0 saturated heterocycles. The van der Waals surface area contributed by atoms with Crippen LogP contribution in [0.2, 0.25) is 0 Å². The second-order valence-electron chi connectivity index (χ2n) is 3.55. The monoisotopic (exact) mass is 253 g/mol. The quantitative estimate of drug-likeness (QED) is 0.814. The summed E-state index contributed by atoms with van der Waals surface area (Å²) in [5, 5.41) is 0. The smallest absolute Gasteiger partial charge is 0.194 e. The van der Waals surface area contributed by atoms with E-state index in [4.69, 9.17) is 5.73 Å². The van der Waals surface area contributed by atoms with Crippen LogP contribution in [0, 0.1) is 17.5 Å². The molecule has 0 bridgehead atoms. The fraction of sp³-hybridized carbons (Fsp3) is 0.455. The highest BCUT2D eigenvalue weighted by molar-refractivity contribution is 5.85. The molecule has 1 aromatic carbocycles. The van der Waals surface area contributed by atoms with E-state index < -0.39 is 23.5 Å². The van der Waals surface area contributed by atoms with Crippen molar-refractivity contribution in [3.8, 4) is 0 Å². The summed E-state index contributed by atoms with van der Waals surface area (Å²) in [6, 6.07) is 1.48. The van der Waals surface area contributed by atoms with Crippen molar-refractivity contribution in [2.45, 2.75) is 32.2 Å². The molecule has 0 heterocycles. The Morgan fingerprint density at radius 1 is 1.19 bits per heavy atom. The Hall–Kier alpha value is -0.740. The molecule has 1 nitrogen and oxygen atoms in total. The van der Waals surface area contributed by atoms with Crippen LogP contribution < -0.4 is 5.73 Å². The van der Waals surface area contributed by atoms with Gasteiger partial charge in [0.25, 0.3) is 0 Å². The lowest BCUT2D eigenvalue weighted by Crippen LogP contribution is -2.11. The minimum absolute atomic E-state index is 0. The van der Waals surface area contributed by atoms with Crippen molar-refractivity contribution in [3.63, 3.8) is 0 Å². The molecule has 1 atom stereocenters. The number of unbranched alkanes of at least 4 members (excludes halogenated alkanes) is 1. The third-order valence-corrected chi connectivity index (χ3v) is 2.30. The molecule has 0 radical (unpaired) electrons. The Morgan fingerprint density at radius 3 is 2.12 bits per heavy atom. The van der Waals surface area contributed by atoms with Crippen molar-refractivity contribution >= 4 is 12.4 Å². The molecule has 1 aromatic rings. The van der Waals surface area contributed by atoms with Crippen molar-refractivity contribution in [1.29, 1.82) is 0 Å². The summed E-state index contributed by atoms with van der Waals surface area (Å²) < 4.78 is 38.3. The van der Waals surface area contributed by atoms with Crippen LogP contribution in [0.4, 0.5) is 13.2 Å². The van der Waals surface area contributed by atoms with E-state index in [1.807, 2.05) is 6.92 Å². The van der Waals surface area contributed by atoms with Gasteiger partial charge < -0.3 is 5.73 Å². The van der Waals surface area contributed by atoms with E-state index in [0.29, 0.717) is 12.0 Å². The van der Waals surface area contributed by atoms with Gasteiger partial charge in [-0.05, 0) is 24.1 Å². The molecule has 0 aliphatic heterocycles. The molecule has 0 spiro atoms. The largest absolute Gasteiger partial charge is 0.324 e. The maximum atomic E-state index is 12.9. The zero-order valence-corrected chi connectivity index (χ0v) is 9.79. The van der Waals surface area contributed by atoms with E-state index >= 15 is 0 Å². The minimum atomic E-state index is -1.44. The van der Waals surface area contributed by atoms with Crippen LogP contribution in [0.5, 0.6) is 0 Å². The SMILES string of the molecule is CCCC[C@@H](N)c1cc(F)c(F)c(F)c1.Cl.